The van der Waals surface area contributed by atoms with Crippen LogP contribution in [-0.2, 0) is 16.1 Å². The molecule has 2 amide bonds. The van der Waals surface area contributed by atoms with Crippen molar-refractivity contribution in [2.75, 3.05) is 25.1 Å². The van der Waals surface area contributed by atoms with Crippen LogP contribution in [0.25, 0.3) is 22.9 Å². The number of benzene rings is 1. The van der Waals surface area contributed by atoms with Crippen LogP contribution in [0.2, 0.25) is 0 Å². The fourth-order valence-corrected chi connectivity index (χ4v) is 3.89. The minimum absolute atomic E-state index is 0.191. The van der Waals surface area contributed by atoms with Crippen molar-refractivity contribution in [2.45, 2.75) is 13.5 Å². The van der Waals surface area contributed by atoms with Gasteiger partial charge in [0.25, 0.3) is 11.8 Å². The Morgan fingerprint density at radius 2 is 1.97 bits per heavy atom. The Morgan fingerprint density at radius 1 is 1.07 bits per heavy atom. The van der Waals surface area contributed by atoms with Crippen LogP contribution in [0.3, 0.4) is 0 Å². The van der Waals surface area contributed by atoms with Crippen LogP contribution in [0.1, 0.15) is 27.3 Å². The molecule has 2 bridgehead atoms. The quantitative estimate of drug-likeness (QED) is 0.537. The number of carbonyl (C=O) groups is 2. The molecule has 5 rings (SSSR count). The van der Waals surface area contributed by atoms with Gasteiger partial charge in [0.15, 0.2) is 0 Å². The Balaban J connectivity index is 1.66. The number of aromatic nitrogens is 3. The average molecular weight is 403 g/mol. The summed E-state index contributed by atoms with van der Waals surface area (Å²) in [5.74, 6) is -0.396. The van der Waals surface area contributed by atoms with Gasteiger partial charge in [0, 0.05) is 35.2 Å². The summed E-state index contributed by atoms with van der Waals surface area (Å²) in [6, 6.07) is 9.58. The Morgan fingerprint density at radius 3 is 2.87 bits per heavy atom. The summed E-state index contributed by atoms with van der Waals surface area (Å²) in [4.78, 5) is 28.6. The number of anilines is 1. The largest absolute Gasteiger partial charge is 0.378 e. The number of carbonyl (C=O) groups excluding carboxylic acids is 2. The number of aromatic amines is 1. The van der Waals surface area contributed by atoms with Gasteiger partial charge in [-0.05, 0) is 37.3 Å². The third-order valence-electron chi connectivity index (χ3n) is 5.31. The number of nitrogens with one attached hydrogen (secondary N) is 3. The second-order valence-electron chi connectivity index (χ2n) is 7.36. The van der Waals surface area contributed by atoms with E-state index in [1.807, 2.05) is 35.9 Å². The molecule has 0 unspecified atom stereocenters. The molecule has 0 fully saturated rings. The molecule has 1 aromatic carbocycles. The fraction of sp³-hybridized carbons (Fsp3) is 0.227. The van der Waals surface area contributed by atoms with Crippen molar-refractivity contribution >= 4 is 29.2 Å². The van der Waals surface area contributed by atoms with Gasteiger partial charge < -0.3 is 20.4 Å². The molecule has 8 heteroatoms. The van der Waals surface area contributed by atoms with E-state index < -0.39 is 0 Å². The van der Waals surface area contributed by atoms with Crippen LogP contribution < -0.4 is 10.6 Å². The van der Waals surface area contributed by atoms with E-state index in [9.17, 15) is 9.59 Å². The predicted molar refractivity (Wildman–Crippen MR) is 113 cm³/mol. The molecule has 0 atom stereocenters. The zero-order valence-electron chi connectivity index (χ0n) is 16.5. The highest BCUT2D eigenvalue weighted by Gasteiger charge is 2.26. The van der Waals surface area contributed by atoms with Crippen molar-refractivity contribution in [3.05, 3.63) is 59.0 Å². The maximum absolute atomic E-state index is 12.7. The third-order valence-corrected chi connectivity index (χ3v) is 5.31. The summed E-state index contributed by atoms with van der Waals surface area (Å²) >= 11 is 0. The highest BCUT2D eigenvalue weighted by atomic mass is 16.5. The third kappa shape index (κ3) is 3.21. The minimum Gasteiger partial charge on any atom is -0.378 e. The molecule has 2 aliphatic rings. The van der Waals surface area contributed by atoms with Gasteiger partial charge in [0.1, 0.15) is 0 Å². The van der Waals surface area contributed by atoms with Crippen LogP contribution >= 0.6 is 0 Å². The topological polar surface area (TPSA) is 101 Å². The van der Waals surface area contributed by atoms with E-state index in [1.54, 1.807) is 18.3 Å². The number of aryl methyl sites for hydroxylation is 1. The van der Waals surface area contributed by atoms with Crippen molar-refractivity contribution in [3.8, 4) is 11.3 Å². The fourth-order valence-electron chi connectivity index (χ4n) is 3.89. The zero-order valence-corrected chi connectivity index (χ0v) is 16.5. The van der Waals surface area contributed by atoms with Gasteiger partial charge in [-0.25, -0.2) is 0 Å². The van der Waals surface area contributed by atoms with E-state index in [0.29, 0.717) is 43.1 Å². The summed E-state index contributed by atoms with van der Waals surface area (Å²) in [6.07, 6.45) is 3.50. The van der Waals surface area contributed by atoms with Gasteiger partial charge >= 0.3 is 0 Å². The van der Waals surface area contributed by atoms with E-state index in [-0.39, 0.29) is 11.8 Å². The van der Waals surface area contributed by atoms with Crippen molar-refractivity contribution in [1.29, 1.82) is 0 Å². The number of hydrogen-bond donors (Lipinski definition) is 3. The number of amides is 2. The van der Waals surface area contributed by atoms with E-state index >= 15 is 0 Å². The SMILES string of the molecule is Cc1cc2c([nH]1)/C=C1\C(=O)Nc3ccc(cc31)-c1ccnn1CCOCCNC2=O. The molecule has 152 valence electrons. The first-order valence-corrected chi connectivity index (χ1v) is 9.85. The number of ether oxygens (including phenoxy) is 1. The average Bonchev–Trinajstić information content (AvgIpc) is 3.41. The lowest BCUT2D eigenvalue weighted by molar-refractivity contribution is -0.110. The van der Waals surface area contributed by atoms with Crippen LogP contribution in [0.15, 0.2) is 36.5 Å². The van der Waals surface area contributed by atoms with Gasteiger partial charge in [-0.1, -0.05) is 6.07 Å². The summed E-state index contributed by atoms with van der Waals surface area (Å²) in [7, 11) is 0. The smallest absolute Gasteiger partial charge is 0.256 e. The van der Waals surface area contributed by atoms with Crippen molar-refractivity contribution < 1.29 is 14.3 Å². The number of fused-ring (bicyclic) bond motifs is 4. The predicted octanol–water partition coefficient (Wildman–Crippen LogP) is 2.44. The summed E-state index contributed by atoms with van der Waals surface area (Å²) in [6.45, 7) is 3.76. The molecular weight excluding hydrogens is 382 g/mol. The molecule has 0 radical (unpaired) electrons. The number of rotatable bonds is 0. The van der Waals surface area contributed by atoms with Gasteiger partial charge in [0.05, 0.1) is 42.3 Å². The highest BCUT2D eigenvalue weighted by molar-refractivity contribution is 6.35. The standard InChI is InChI=1S/C22H21N5O3/c1-13-10-17-19(25-13)12-16-15-11-14(2-3-18(15)26-22(16)29)20-4-5-24-27(20)7-9-30-8-6-23-21(17)28/h2-5,10-12,25H,6-9H2,1H3,(H,23,28)(H,26,29)/b16-12-. The van der Waals surface area contributed by atoms with E-state index in [1.165, 1.54) is 0 Å². The highest BCUT2D eigenvalue weighted by Crippen LogP contribution is 2.36. The molecule has 0 saturated heterocycles. The lowest BCUT2D eigenvalue weighted by atomic mass is 10.0. The molecule has 8 nitrogen and oxygen atoms in total. The van der Waals surface area contributed by atoms with E-state index in [0.717, 1.165) is 28.2 Å². The van der Waals surface area contributed by atoms with Gasteiger partial charge in [-0.2, -0.15) is 5.10 Å². The van der Waals surface area contributed by atoms with Crippen molar-refractivity contribution in [1.82, 2.24) is 20.1 Å². The van der Waals surface area contributed by atoms with Crippen molar-refractivity contribution in [3.63, 3.8) is 0 Å². The Hall–Kier alpha value is -3.65. The monoisotopic (exact) mass is 403 g/mol. The minimum atomic E-state index is -0.205. The van der Waals surface area contributed by atoms with Gasteiger partial charge in [0.2, 0.25) is 0 Å². The lowest BCUT2D eigenvalue weighted by Gasteiger charge is -2.11. The van der Waals surface area contributed by atoms with Crippen molar-refractivity contribution in [2.24, 2.45) is 0 Å². The molecule has 2 aliphatic heterocycles. The summed E-state index contributed by atoms with van der Waals surface area (Å²) in [5, 5.41) is 10.2. The van der Waals surface area contributed by atoms with Crippen LogP contribution in [-0.4, -0.2) is 46.3 Å². The Kier molecular flexibility index (Phi) is 4.48. The van der Waals surface area contributed by atoms with E-state index in [4.69, 9.17) is 4.74 Å². The maximum Gasteiger partial charge on any atom is 0.256 e. The Bertz CT molecular complexity index is 1190. The molecule has 4 heterocycles. The second kappa shape index (κ2) is 7.31. The first-order valence-electron chi connectivity index (χ1n) is 9.85. The first kappa shape index (κ1) is 18.4. The molecule has 0 saturated carbocycles. The van der Waals surface area contributed by atoms with Gasteiger partial charge in [-0.15, -0.1) is 0 Å². The molecule has 0 aliphatic carbocycles. The van der Waals surface area contributed by atoms with Crippen LogP contribution in [0.5, 0.6) is 0 Å². The molecule has 2 aromatic heterocycles. The molecule has 3 N–H and O–H groups in total. The van der Waals surface area contributed by atoms with Gasteiger partial charge in [-0.3, -0.25) is 14.3 Å². The normalized spacial score (nSPS) is 18.1. The van der Waals surface area contributed by atoms with Crippen LogP contribution in [0.4, 0.5) is 5.69 Å². The molecule has 0 spiro atoms. The molecule has 30 heavy (non-hydrogen) atoms. The number of hydrogen-bond acceptors (Lipinski definition) is 4. The second-order valence-corrected chi connectivity index (χ2v) is 7.36. The lowest BCUT2D eigenvalue weighted by Crippen LogP contribution is -2.28. The van der Waals surface area contributed by atoms with E-state index in [2.05, 4.69) is 20.7 Å². The molecular formula is C22H21N5O3. The Labute approximate surface area is 172 Å². The first-order chi connectivity index (χ1) is 14.6. The summed E-state index contributed by atoms with van der Waals surface area (Å²) < 4.78 is 7.55. The number of nitrogens with zero attached hydrogens (tertiary/aromatic N) is 2. The number of H-pyrrole nitrogens is 1. The zero-order chi connectivity index (χ0) is 20.7. The summed E-state index contributed by atoms with van der Waals surface area (Å²) in [5.41, 5.74) is 5.93. The van der Waals surface area contributed by atoms with Crippen LogP contribution in [0, 0.1) is 6.92 Å². The maximum atomic E-state index is 12.7. The molecule has 3 aromatic rings.